The third-order valence-electron chi connectivity index (χ3n) is 5.40. The summed E-state index contributed by atoms with van der Waals surface area (Å²) >= 11 is 3.51. The average Bonchev–Trinajstić information content (AvgIpc) is 3.24. The summed E-state index contributed by atoms with van der Waals surface area (Å²) in [6, 6.07) is 28.4. The molecular weight excluding hydrogens is 448 g/mol. The van der Waals surface area contributed by atoms with Gasteiger partial charge in [-0.25, -0.2) is 4.98 Å². The van der Waals surface area contributed by atoms with Gasteiger partial charge in [0.25, 0.3) is 0 Å². The number of aromatic nitrogens is 2. The molecule has 5 rings (SSSR count). The van der Waals surface area contributed by atoms with Crippen LogP contribution in [0.2, 0.25) is 0 Å². The van der Waals surface area contributed by atoms with Gasteiger partial charge in [-0.3, -0.25) is 4.79 Å². The van der Waals surface area contributed by atoms with Crippen molar-refractivity contribution < 1.29 is 4.79 Å². The molecule has 0 saturated heterocycles. The zero-order valence-electron chi connectivity index (χ0n) is 16.9. The van der Waals surface area contributed by atoms with E-state index in [1.54, 1.807) is 6.92 Å². The van der Waals surface area contributed by atoms with Crippen molar-refractivity contribution in [3.05, 3.63) is 107 Å². The van der Waals surface area contributed by atoms with E-state index < -0.39 is 0 Å². The van der Waals surface area contributed by atoms with Crippen LogP contribution in [0.15, 0.2) is 102 Å². The number of rotatable bonds is 4. The smallest absolute Gasteiger partial charge is 0.159 e. The summed E-state index contributed by atoms with van der Waals surface area (Å²) in [5.74, 6) is 0.0625. The summed E-state index contributed by atoms with van der Waals surface area (Å²) in [5.41, 5.74) is 7.87. The SMILES string of the molecule is CC(=O)c1ccc(-c2cc(-c3ccc(Br)cc3)cn3cc(-c4ccccc4)nc23)cc1. The molecule has 0 bridgehead atoms. The molecule has 31 heavy (non-hydrogen) atoms. The molecular formula is C27H19BrN2O. The lowest BCUT2D eigenvalue weighted by Crippen LogP contribution is -1.93. The van der Waals surface area contributed by atoms with Crippen LogP contribution >= 0.6 is 15.9 Å². The van der Waals surface area contributed by atoms with Crippen molar-refractivity contribution in [3.8, 4) is 33.5 Å². The Balaban J connectivity index is 1.73. The molecule has 0 N–H and O–H groups in total. The van der Waals surface area contributed by atoms with Crippen LogP contribution in [-0.2, 0) is 0 Å². The van der Waals surface area contributed by atoms with Gasteiger partial charge in [-0.2, -0.15) is 0 Å². The van der Waals surface area contributed by atoms with Crippen LogP contribution in [0.25, 0.3) is 39.2 Å². The van der Waals surface area contributed by atoms with E-state index in [1.807, 2.05) is 54.6 Å². The first kappa shape index (κ1) is 19.5. The first-order chi connectivity index (χ1) is 15.1. The average molecular weight is 467 g/mol. The van der Waals surface area contributed by atoms with E-state index in [9.17, 15) is 4.79 Å². The summed E-state index contributed by atoms with van der Waals surface area (Å²) in [6.45, 7) is 1.59. The van der Waals surface area contributed by atoms with Crippen molar-refractivity contribution in [3.63, 3.8) is 0 Å². The summed E-state index contributed by atoms with van der Waals surface area (Å²) in [4.78, 5) is 16.7. The van der Waals surface area contributed by atoms with Crippen LogP contribution in [0, 0.1) is 0 Å². The van der Waals surface area contributed by atoms with Gasteiger partial charge in [0.05, 0.1) is 5.69 Å². The Morgan fingerprint density at radius 2 is 1.45 bits per heavy atom. The van der Waals surface area contributed by atoms with Crippen molar-refractivity contribution >= 4 is 27.4 Å². The highest BCUT2D eigenvalue weighted by Crippen LogP contribution is 2.32. The topological polar surface area (TPSA) is 34.4 Å². The zero-order valence-corrected chi connectivity index (χ0v) is 18.5. The lowest BCUT2D eigenvalue weighted by molar-refractivity contribution is 0.101. The van der Waals surface area contributed by atoms with E-state index >= 15 is 0 Å². The molecule has 0 aliphatic carbocycles. The molecule has 0 unspecified atom stereocenters. The Labute approximate surface area is 189 Å². The van der Waals surface area contributed by atoms with Crippen LogP contribution in [0.5, 0.6) is 0 Å². The highest BCUT2D eigenvalue weighted by molar-refractivity contribution is 9.10. The van der Waals surface area contributed by atoms with Gasteiger partial charge in [0.1, 0.15) is 5.65 Å². The molecule has 4 heteroatoms. The molecule has 5 aromatic rings. The van der Waals surface area contributed by atoms with Crippen LogP contribution in [0.4, 0.5) is 0 Å². The normalized spacial score (nSPS) is 11.0. The van der Waals surface area contributed by atoms with Crippen molar-refractivity contribution in [2.24, 2.45) is 0 Å². The Kier molecular flexibility index (Phi) is 5.00. The van der Waals surface area contributed by atoms with Crippen molar-refractivity contribution in [2.75, 3.05) is 0 Å². The number of benzene rings is 3. The van der Waals surface area contributed by atoms with Gasteiger partial charge in [-0.15, -0.1) is 0 Å². The van der Waals surface area contributed by atoms with Crippen molar-refractivity contribution in [2.45, 2.75) is 6.92 Å². The van der Waals surface area contributed by atoms with Gasteiger partial charge in [0.15, 0.2) is 5.78 Å². The first-order valence-corrected chi connectivity index (χ1v) is 10.8. The minimum absolute atomic E-state index is 0.0625. The molecule has 0 spiro atoms. The molecule has 150 valence electrons. The van der Waals surface area contributed by atoms with E-state index in [-0.39, 0.29) is 5.78 Å². The first-order valence-electron chi connectivity index (χ1n) is 10.0. The fraction of sp³-hybridized carbons (Fsp3) is 0.0370. The van der Waals surface area contributed by atoms with Crippen LogP contribution in [0.3, 0.4) is 0 Å². The third-order valence-corrected chi connectivity index (χ3v) is 5.93. The fourth-order valence-corrected chi connectivity index (χ4v) is 4.01. The molecule has 0 fully saturated rings. The number of fused-ring (bicyclic) bond motifs is 1. The minimum Gasteiger partial charge on any atom is -0.305 e. The molecule has 3 aromatic carbocycles. The molecule has 2 heterocycles. The van der Waals surface area contributed by atoms with E-state index in [4.69, 9.17) is 4.98 Å². The quantitative estimate of drug-likeness (QED) is 0.260. The highest BCUT2D eigenvalue weighted by Gasteiger charge is 2.13. The number of Topliss-reactive ketones (excluding diaryl/α,β-unsaturated/α-hetero) is 1. The lowest BCUT2D eigenvalue weighted by atomic mass is 10.00. The van der Waals surface area contributed by atoms with E-state index in [2.05, 4.69) is 63.1 Å². The maximum absolute atomic E-state index is 11.7. The predicted molar refractivity (Wildman–Crippen MR) is 129 cm³/mol. The zero-order chi connectivity index (χ0) is 21.4. The van der Waals surface area contributed by atoms with E-state index in [0.717, 1.165) is 43.6 Å². The van der Waals surface area contributed by atoms with Crippen molar-refractivity contribution in [1.82, 2.24) is 9.38 Å². The largest absolute Gasteiger partial charge is 0.305 e. The second kappa shape index (κ2) is 7.97. The second-order valence-corrected chi connectivity index (χ2v) is 8.42. The molecule has 0 radical (unpaired) electrons. The van der Waals surface area contributed by atoms with Gasteiger partial charge >= 0.3 is 0 Å². The number of carbonyl (C=O) groups is 1. The molecule has 0 atom stereocenters. The standard InChI is InChI=1S/C27H19BrN2O/c1-18(31)19-7-9-21(10-8-19)25-15-23(20-11-13-24(28)14-12-20)16-30-17-26(29-27(25)30)22-5-3-2-4-6-22/h2-17H,1H3. The second-order valence-electron chi connectivity index (χ2n) is 7.51. The summed E-state index contributed by atoms with van der Waals surface area (Å²) in [6.07, 6.45) is 4.19. The van der Waals surface area contributed by atoms with E-state index in [0.29, 0.717) is 5.56 Å². The Morgan fingerprint density at radius 3 is 2.13 bits per heavy atom. The van der Waals surface area contributed by atoms with Gasteiger partial charge in [-0.05, 0) is 41.8 Å². The number of ketones is 1. The molecule has 0 aliphatic rings. The number of nitrogens with zero attached hydrogens (tertiary/aromatic N) is 2. The number of imidazole rings is 1. The van der Waals surface area contributed by atoms with Gasteiger partial charge in [-0.1, -0.05) is 82.7 Å². The van der Waals surface area contributed by atoms with Crippen LogP contribution in [-0.4, -0.2) is 15.2 Å². The molecule has 2 aromatic heterocycles. The maximum Gasteiger partial charge on any atom is 0.159 e. The minimum atomic E-state index is 0.0625. The van der Waals surface area contributed by atoms with Gasteiger partial charge in [0, 0.05) is 33.6 Å². The van der Waals surface area contributed by atoms with Gasteiger partial charge < -0.3 is 4.40 Å². The number of pyridine rings is 1. The number of hydrogen-bond donors (Lipinski definition) is 0. The fourth-order valence-electron chi connectivity index (χ4n) is 3.74. The summed E-state index contributed by atoms with van der Waals surface area (Å²) < 4.78 is 3.14. The monoisotopic (exact) mass is 466 g/mol. The van der Waals surface area contributed by atoms with Crippen LogP contribution < -0.4 is 0 Å². The highest BCUT2D eigenvalue weighted by atomic mass is 79.9. The number of hydrogen-bond acceptors (Lipinski definition) is 2. The summed E-state index contributed by atoms with van der Waals surface area (Å²) in [7, 11) is 0. The molecule has 0 aliphatic heterocycles. The number of carbonyl (C=O) groups excluding carboxylic acids is 1. The maximum atomic E-state index is 11.7. The Bertz CT molecular complexity index is 1390. The lowest BCUT2D eigenvalue weighted by Gasteiger charge is -2.10. The predicted octanol–water partition coefficient (Wildman–Crippen LogP) is 7.30. The summed E-state index contributed by atoms with van der Waals surface area (Å²) in [5, 5.41) is 0. The van der Waals surface area contributed by atoms with E-state index in [1.165, 1.54) is 0 Å². The van der Waals surface area contributed by atoms with Crippen molar-refractivity contribution in [1.29, 1.82) is 0 Å². The third kappa shape index (κ3) is 3.82. The Hall–Kier alpha value is -3.50. The number of halogens is 1. The Morgan fingerprint density at radius 1 is 0.774 bits per heavy atom. The molecule has 0 saturated carbocycles. The van der Waals surface area contributed by atoms with Crippen LogP contribution in [0.1, 0.15) is 17.3 Å². The molecule has 3 nitrogen and oxygen atoms in total. The van der Waals surface area contributed by atoms with Gasteiger partial charge in [0.2, 0.25) is 0 Å². The molecule has 0 amide bonds.